The van der Waals surface area contributed by atoms with Crippen LogP contribution in [0.5, 0.6) is 5.75 Å². The molecule has 1 heterocycles. The van der Waals surface area contributed by atoms with E-state index in [1.807, 2.05) is 0 Å². The second-order valence-electron chi connectivity index (χ2n) is 4.41. The average Bonchev–Trinajstić information content (AvgIpc) is 2.38. The monoisotopic (exact) mass is 255 g/mol. The molecular weight excluding hydrogens is 234 g/mol. The standard InChI is InChI=1S/C14H21NO.ClH/c1-2-11-16-14-6-4-3-5-13(14)12-7-9-15-10-8-12;/h3-6,12,15H,2,7-11H2,1H3;1H. The lowest BCUT2D eigenvalue weighted by Gasteiger charge is -2.24. The fourth-order valence-electron chi connectivity index (χ4n) is 2.29. The number of ether oxygens (including phenoxy) is 1. The van der Waals surface area contributed by atoms with Crippen LogP contribution in [0.4, 0.5) is 0 Å². The highest BCUT2D eigenvalue weighted by Crippen LogP contribution is 2.32. The zero-order valence-electron chi connectivity index (χ0n) is 10.4. The van der Waals surface area contributed by atoms with E-state index in [4.69, 9.17) is 4.74 Å². The number of hydrogen-bond acceptors (Lipinski definition) is 2. The van der Waals surface area contributed by atoms with Crippen molar-refractivity contribution in [2.24, 2.45) is 0 Å². The zero-order chi connectivity index (χ0) is 11.2. The Balaban J connectivity index is 0.00000144. The highest BCUT2D eigenvalue weighted by Gasteiger charge is 2.18. The first-order valence-corrected chi connectivity index (χ1v) is 6.34. The zero-order valence-corrected chi connectivity index (χ0v) is 11.3. The van der Waals surface area contributed by atoms with Gasteiger partial charge in [-0.1, -0.05) is 25.1 Å². The van der Waals surface area contributed by atoms with Gasteiger partial charge in [0.25, 0.3) is 0 Å². The Kier molecular flexibility index (Phi) is 6.38. The van der Waals surface area contributed by atoms with E-state index in [0.717, 1.165) is 31.9 Å². The van der Waals surface area contributed by atoms with Crippen LogP contribution in [0.2, 0.25) is 0 Å². The molecule has 3 heteroatoms. The van der Waals surface area contributed by atoms with Crippen LogP contribution in [0, 0.1) is 0 Å². The van der Waals surface area contributed by atoms with Gasteiger partial charge in [0.15, 0.2) is 0 Å². The first-order chi connectivity index (χ1) is 7.92. The van der Waals surface area contributed by atoms with Gasteiger partial charge in [-0.2, -0.15) is 0 Å². The van der Waals surface area contributed by atoms with Gasteiger partial charge >= 0.3 is 0 Å². The van der Waals surface area contributed by atoms with Crippen LogP contribution < -0.4 is 10.1 Å². The van der Waals surface area contributed by atoms with E-state index in [-0.39, 0.29) is 12.4 Å². The number of nitrogens with one attached hydrogen (secondary N) is 1. The van der Waals surface area contributed by atoms with Gasteiger partial charge in [0.05, 0.1) is 6.61 Å². The van der Waals surface area contributed by atoms with E-state index in [1.165, 1.54) is 18.4 Å². The van der Waals surface area contributed by atoms with Crippen molar-refractivity contribution >= 4 is 12.4 Å². The molecule has 0 radical (unpaired) electrons. The Morgan fingerprint density at radius 2 is 1.94 bits per heavy atom. The van der Waals surface area contributed by atoms with Gasteiger partial charge in [-0.25, -0.2) is 0 Å². The first-order valence-electron chi connectivity index (χ1n) is 6.34. The summed E-state index contributed by atoms with van der Waals surface area (Å²) in [4.78, 5) is 0. The second kappa shape index (κ2) is 7.57. The lowest BCUT2D eigenvalue weighted by atomic mass is 9.89. The normalized spacial score (nSPS) is 16.3. The van der Waals surface area contributed by atoms with Crippen molar-refractivity contribution in [3.05, 3.63) is 29.8 Å². The molecule has 0 saturated carbocycles. The van der Waals surface area contributed by atoms with Crippen molar-refractivity contribution < 1.29 is 4.74 Å². The van der Waals surface area contributed by atoms with E-state index >= 15 is 0 Å². The van der Waals surface area contributed by atoms with E-state index in [2.05, 4.69) is 36.5 Å². The Hall–Kier alpha value is -0.730. The Bertz CT molecular complexity index is 324. The molecule has 0 spiro atoms. The molecular formula is C14H22ClNO. The van der Waals surface area contributed by atoms with Gasteiger partial charge in [0, 0.05) is 0 Å². The third-order valence-electron chi connectivity index (χ3n) is 3.16. The Morgan fingerprint density at radius 3 is 2.65 bits per heavy atom. The van der Waals surface area contributed by atoms with Crippen molar-refractivity contribution in [1.29, 1.82) is 0 Å². The minimum Gasteiger partial charge on any atom is -0.493 e. The lowest BCUT2D eigenvalue weighted by molar-refractivity contribution is 0.309. The summed E-state index contributed by atoms with van der Waals surface area (Å²) in [5.41, 5.74) is 1.40. The molecule has 0 aliphatic carbocycles. The van der Waals surface area contributed by atoms with Crippen LogP contribution in [0.3, 0.4) is 0 Å². The number of hydrogen-bond donors (Lipinski definition) is 1. The third-order valence-corrected chi connectivity index (χ3v) is 3.16. The molecule has 17 heavy (non-hydrogen) atoms. The molecule has 1 saturated heterocycles. The van der Waals surface area contributed by atoms with Gasteiger partial charge in [0.1, 0.15) is 5.75 Å². The van der Waals surface area contributed by atoms with Crippen molar-refractivity contribution in [1.82, 2.24) is 5.32 Å². The van der Waals surface area contributed by atoms with Crippen molar-refractivity contribution in [2.75, 3.05) is 19.7 Å². The summed E-state index contributed by atoms with van der Waals surface area (Å²) >= 11 is 0. The SMILES string of the molecule is CCCOc1ccccc1C1CCNCC1.Cl. The molecule has 2 nitrogen and oxygen atoms in total. The predicted molar refractivity (Wildman–Crippen MR) is 74.3 cm³/mol. The molecule has 1 aromatic rings. The van der Waals surface area contributed by atoms with Gasteiger partial charge in [0.2, 0.25) is 0 Å². The second-order valence-corrected chi connectivity index (χ2v) is 4.41. The third kappa shape index (κ3) is 3.90. The number of benzene rings is 1. The smallest absolute Gasteiger partial charge is 0.122 e. The summed E-state index contributed by atoms with van der Waals surface area (Å²) in [7, 11) is 0. The summed E-state index contributed by atoms with van der Waals surface area (Å²) in [6.45, 7) is 5.23. The van der Waals surface area contributed by atoms with Gasteiger partial charge in [-0.15, -0.1) is 12.4 Å². The maximum atomic E-state index is 5.82. The van der Waals surface area contributed by atoms with E-state index in [0.29, 0.717) is 5.92 Å². The van der Waals surface area contributed by atoms with Gasteiger partial charge < -0.3 is 10.1 Å². The van der Waals surface area contributed by atoms with Crippen LogP contribution in [-0.2, 0) is 0 Å². The summed E-state index contributed by atoms with van der Waals surface area (Å²) in [5, 5.41) is 3.41. The van der Waals surface area contributed by atoms with Gasteiger partial charge in [-0.05, 0) is 49.9 Å². The van der Waals surface area contributed by atoms with Crippen molar-refractivity contribution in [2.45, 2.75) is 32.1 Å². The van der Waals surface area contributed by atoms with Crippen LogP contribution in [0.1, 0.15) is 37.7 Å². The number of halogens is 1. The summed E-state index contributed by atoms with van der Waals surface area (Å²) < 4.78 is 5.82. The molecule has 1 aromatic carbocycles. The molecule has 0 atom stereocenters. The number of rotatable bonds is 4. The topological polar surface area (TPSA) is 21.3 Å². The molecule has 1 N–H and O–H groups in total. The minimum absolute atomic E-state index is 0. The highest BCUT2D eigenvalue weighted by molar-refractivity contribution is 5.85. The summed E-state index contributed by atoms with van der Waals surface area (Å²) in [6.07, 6.45) is 3.53. The molecule has 0 bridgehead atoms. The largest absolute Gasteiger partial charge is 0.493 e. The minimum atomic E-state index is 0. The summed E-state index contributed by atoms with van der Waals surface area (Å²) in [6, 6.07) is 8.51. The van der Waals surface area contributed by atoms with Crippen LogP contribution in [0.15, 0.2) is 24.3 Å². The van der Waals surface area contributed by atoms with E-state index in [9.17, 15) is 0 Å². The molecule has 0 aromatic heterocycles. The van der Waals surface area contributed by atoms with E-state index < -0.39 is 0 Å². The molecule has 0 amide bonds. The Morgan fingerprint density at radius 1 is 1.24 bits per heavy atom. The highest BCUT2D eigenvalue weighted by atomic mass is 35.5. The fraction of sp³-hybridized carbons (Fsp3) is 0.571. The van der Waals surface area contributed by atoms with Crippen molar-refractivity contribution in [3.63, 3.8) is 0 Å². The molecule has 2 rings (SSSR count). The maximum Gasteiger partial charge on any atom is 0.122 e. The Labute approximate surface area is 110 Å². The van der Waals surface area contributed by atoms with Crippen LogP contribution in [0.25, 0.3) is 0 Å². The predicted octanol–water partition coefficient (Wildman–Crippen LogP) is 3.36. The lowest BCUT2D eigenvalue weighted by Crippen LogP contribution is -2.26. The summed E-state index contributed by atoms with van der Waals surface area (Å²) in [5.74, 6) is 1.77. The molecule has 1 aliphatic rings. The average molecular weight is 256 g/mol. The fourth-order valence-corrected chi connectivity index (χ4v) is 2.29. The molecule has 96 valence electrons. The number of para-hydroxylation sites is 1. The molecule has 1 fully saturated rings. The van der Waals surface area contributed by atoms with Gasteiger partial charge in [-0.3, -0.25) is 0 Å². The first kappa shape index (κ1) is 14.3. The molecule has 1 aliphatic heterocycles. The van der Waals surface area contributed by atoms with E-state index in [1.54, 1.807) is 0 Å². The molecule has 0 unspecified atom stereocenters. The van der Waals surface area contributed by atoms with Crippen LogP contribution in [-0.4, -0.2) is 19.7 Å². The van der Waals surface area contributed by atoms with Crippen LogP contribution >= 0.6 is 12.4 Å². The quantitative estimate of drug-likeness (QED) is 0.891. The maximum absolute atomic E-state index is 5.82. The van der Waals surface area contributed by atoms with Crippen molar-refractivity contribution in [3.8, 4) is 5.75 Å². The number of piperidine rings is 1.